The fourth-order valence-corrected chi connectivity index (χ4v) is 3.96. The lowest BCUT2D eigenvalue weighted by Crippen LogP contribution is -2.46. The van der Waals surface area contributed by atoms with Crippen LogP contribution in [0.1, 0.15) is 12.8 Å². The topological polar surface area (TPSA) is 104 Å². The number of sulfonamides is 1. The highest BCUT2D eigenvalue weighted by atomic mass is 32.2. The van der Waals surface area contributed by atoms with Gasteiger partial charge in [0.15, 0.2) is 0 Å². The van der Waals surface area contributed by atoms with Crippen molar-refractivity contribution >= 4 is 21.9 Å². The van der Waals surface area contributed by atoms with Crippen LogP contribution in [0.25, 0.3) is 0 Å². The van der Waals surface area contributed by atoms with E-state index in [1.807, 2.05) is 0 Å². The van der Waals surface area contributed by atoms with Gasteiger partial charge in [-0.3, -0.25) is 9.59 Å². The van der Waals surface area contributed by atoms with Gasteiger partial charge in [-0.25, -0.2) is 12.8 Å². The Hall–Kier alpha value is -2.00. The molecule has 1 unspecified atom stereocenters. The molecule has 2 N–H and O–H groups in total. The van der Waals surface area contributed by atoms with E-state index in [1.54, 1.807) is 0 Å². The maximum Gasteiger partial charge on any atom is 0.322 e. The lowest BCUT2D eigenvalue weighted by atomic mass is 9.99. The Morgan fingerprint density at radius 3 is 2.57 bits per heavy atom. The Labute approximate surface area is 133 Å². The van der Waals surface area contributed by atoms with E-state index in [4.69, 9.17) is 5.11 Å². The predicted octanol–water partition coefficient (Wildman–Crippen LogP) is 0.427. The summed E-state index contributed by atoms with van der Waals surface area (Å²) in [5.41, 5.74) is 0. The summed E-state index contributed by atoms with van der Waals surface area (Å²) in [6, 6.07) is 4.49. The van der Waals surface area contributed by atoms with E-state index in [0.717, 1.165) is 12.1 Å². The van der Waals surface area contributed by atoms with Crippen LogP contribution in [-0.2, 0) is 19.6 Å². The van der Waals surface area contributed by atoms with Crippen molar-refractivity contribution in [1.29, 1.82) is 0 Å². The summed E-state index contributed by atoms with van der Waals surface area (Å²) in [7, 11) is -3.81. The van der Waals surface area contributed by atoms with Gasteiger partial charge in [0.2, 0.25) is 15.9 Å². The number of nitrogens with zero attached hydrogens (tertiary/aromatic N) is 1. The van der Waals surface area contributed by atoms with Gasteiger partial charge in [-0.1, -0.05) is 0 Å². The number of hydrogen-bond acceptors (Lipinski definition) is 4. The lowest BCUT2D eigenvalue weighted by Gasteiger charge is -2.31. The van der Waals surface area contributed by atoms with Gasteiger partial charge < -0.3 is 10.4 Å². The van der Waals surface area contributed by atoms with Gasteiger partial charge in [0.1, 0.15) is 12.4 Å². The van der Waals surface area contributed by atoms with E-state index >= 15 is 0 Å². The molecule has 1 aromatic carbocycles. The van der Waals surface area contributed by atoms with Crippen molar-refractivity contribution in [2.75, 3.05) is 19.6 Å². The SMILES string of the molecule is O=C(O)CNC(=O)C1CCCN(S(=O)(=O)c2ccc(F)cc2)C1. The molecule has 126 valence electrons. The lowest BCUT2D eigenvalue weighted by molar-refractivity contribution is -0.138. The molecule has 0 saturated carbocycles. The Bertz CT molecular complexity index is 690. The van der Waals surface area contributed by atoms with Gasteiger partial charge in [0.25, 0.3) is 0 Å². The summed E-state index contributed by atoms with van der Waals surface area (Å²) in [6.45, 7) is -0.256. The molecule has 0 aromatic heterocycles. The largest absolute Gasteiger partial charge is 0.480 e. The van der Waals surface area contributed by atoms with Gasteiger partial charge in [-0.05, 0) is 37.1 Å². The molecule has 1 saturated heterocycles. The summed E-state index contributed by atoms with van der Waals surface area (Å²) in [5.74, 6) is -2.77. The summed E-state index contributed by atoms with van der Waals surface area (Å²) >= 11 is 0. The first-order valence-electron chi connectivity index (χ1n) is 7.06. The molecule has 1 atom stereocenters. The van der Waals surface area contributed by atoms with Gasteiger partial charge in [0.05, 0.1) is 10.8 Å². The van der Waals surface area contributed by atoms with Crippen LogP contribution in [0.4, 0.5) is 4.39 Å². The Kier molecular flexibility index (Phi) is 5.32. The second kappa shape index (κ2) is 7.05. The minimum Gasteiger partial charge on any atom is -0.480 e. The number of carboxylic acids is 1. The number of amides is 1. The van der Waals surface area contributed by atoms with Crippen molar-refractivity contribution in [3.8, 4) is 0 Å². The molecule has 1 aliphatic rings. The van der Waals surface area contributed by atoms with Gasteiger partial charge in [0, 0.05) is 13.1 Å². The predicted molar refractivity (Wildman–Crippen MR) is 78.5 cm³/mol. The maximum absolute atomic E-state index is 12.9. The molecule has 0 spiro atoms. The summed E-state index contributed by atoms with van der Waals surface area (Å²) in [4.78, 5) is 22.3. The molecule has 9 heteroatoms. The smallest absolute Gasteiger partial charge is 0.322 e. The van der Waals surface area contributed by atoms with Crippen LogP contribution in [0.3, 0.4) is 0 Å². The fraction of sp³-hybridized carbons (Fsp3) is 0.429. The first kappa shape index (κ1) is 17.4. The molecule has 0 bridgehead atoms. The molecular formula is C14H17FN2O5S. The number of rotatable bonds is 5. The summed E-state index contributed by atoms with van der Waals surface area (Å²) in [5, 5.41) is 10.8. The number of piperidine rings is 1. The number of benzene rings is 1. The van der Waals surface area contributed by atoms with Crippen LogP contribution in [0, 0.1) is 11.7 Å². The van der Waals surface area contributed by atoms with Crippen LogP contribution in [0.2, 0.25) is 0 Å². The Balaban J connectivity index is 2.09. The van der Waals surface area contributed by atoms with E-state index < -0.39 is 40.2 Å². The van der Waals surface area contributed by atoms with Crippen LogP contribution in [0.15, 0.2) is 29.2 Å². The van der Waals surface area contributed by atoms with Crippen LogP contribution >= 0.6 is 0 Å². The molecule has 1 aliphatic heterocycles. The van der Waals surface area contributed by atoms with Crippen molar-refractivity contribution in [3.63, 3.8) is 0 Å². The molecule has 1 fully saturated rings. The molecule has 0 aliphatic carbocycles. The standard InChI is InChI=1S/C14H17FN2O5S/c15-11-3-5-12(6-4-11)23(21,22)17-7-1-2-10(9-17)14(20)16-8-13(18)19/h3-6,10H,1-2,7-9H2,(H,16,20)(H,18,19). The second-order valence-electron chi connectivity index (χ2n) is 5.27. The highest BCUT2D eigenvalue weighted by Gasteiger charge is 2.33. The van der Waals surface area contributed by atoms with Crippen LogP contribution in [-0.4, -0.2) is 49.3 Å². The molecule has 2 rings (SSSR count). The van der Waals surface area contributed by atoms with Crippen molar-refractivity contribution in [1.82, 2.24) is 9.62 Å². The first-order chi connectivity index (χ1) is 10.8. The Morgan fingerprint density at radius 2 is 1.96 bits per heavy atom. The number of carbonyl (C=O) groups is 2. The van der Waals surface area contributed by atoms with Crippen LogP contribution < -0.4 is 5.32 Å². The first-order valence-corrected chi connectivity index (χ1v) is 8.50. The number of hydrogen-bond donors (Lipinski definition) is 2. The third-order valence-corrected chi connectivity index (χ3v) is 5.50. The fourth-order valence-electron chi connectivity index (χ4n) is 2.44. The molecule has 23 heavy (non-hydrogen) atoms. The zero-order valence-electron chi connectivity index (χ0n) is 12.2. The molecular weight excluding hydrogens is 327 g/mol. The number of carbonyl (C=O) groups excluding carboxylic acids is 1. The number of aliphatic carboxylic acids is 1. The minimum atomic E-state index is -3.81. The normalized spacial score (nSPS) is 19.3. The molecule has 1 heterocycles. The van der Waals surface area contributed by atoms with Crippen LogP contribution in [0.5, 0.6) is 0 Å². The van der Waals surface area contributed by atoms with Crippen molar-refractivity contribution in [2.24, 2.45) is 5.92 Å². The summed E-state index contributed by atoms with van der Waals surface area (Å²) < 4.78 is 39.1. The van der Waals surface area contributed by atoms with Crippen molar-refractivity contribution in [2.45, 2.75) is 17.7 Å². The molecule has 1 amide bonds. The van der Waals surface area contributed by atoms with Gasteiger partial charge in [-0.2, -0.15) is 4.31 Å². The monoisotopic (exact) mass is 344 g/mol. The highest BCUT2D eigenvalue weighted by molar-refractivity contribution is 7.89. The third kappa shape index (κ3) is 4.26. The average Bonchev–Trinajstić information content (AvgIpc) is 2.53. The summed E-state index contributed by atoms with van der Waals surface area (Å²) in [6.07, 6.45) is 0.979. The highest BCUT2D eigenvalue weighted by Crippen LogP contribution is 2.24. The van der Waals surface area contributed by atoms with Crippen molar-refractivity contribution in [3.05, 3.63) is 30.1 Å². The second-order valence-corrected chi connectivity index (χ2v) is 7.21. The Morgan fingerprint density at radius 1 is 1.30 bits per heavy atom. The van der Waals surface area contributed by atoms with E-state index in [1.165, 1.54) is 16.4 Å². The van der Waals surface area contributed by atoms with E-state index in [-0.39, 0.29) is 18.0 Å². The molecule has 7 nitrogen and oxygen atoms in total. The zero-order chi connectivity index (χ0) is 17.0. The quantitative estimate of drug-likeness (QED) is 0.806. The number of nitrogens with one attached hydrogen (secondary N) is 1. The van der Waals surface area contributed by atoms with E-state index in [9.17, 15) is 22.4 Å². The van der Waals surface area contributed by atoms with E-state index in [2.05, 4.69) is 5.32 Å². The molecule has 0 radical (unpaired) electrons. The number of carboxylic acid groups (broad SMARTS) is 1. The zero-order valence-corrected chi connectivity index (χ0v) is 13.1. The number of halogens is 1. The van der Waals surface area contributed by atoms with Crippen molar-refractivity contribution < 1.29 is 27.5 Å². The van der Waals surface area contributed by atoms with E-state index in [0.29, 0.717) is 12.8 Å². The maximum atomic E-state index is 12.9. The molecule has 1 aromatic rings. The third-order valence-electron chi connectivity index (χ3n) is 3.62. The van der Waals surface area contributed by atoms with Gasteiger partial charge >= 0.3 is 5.97 Å². The minimum absolute atomic E-state index is 0.0227. The average molecular weight is 344 g/mol. The van der Waals surface area contributed by atoms with Gasteiger partial charge in [-0.15, -0.1) is 0 Å².